The van der Waals surface area contributed by atoms with Gasteiger partial charge < -0.3 is 26.4 Å². The Bertz CT molecular complexity index is 911. The number of aliphatic carboxylic acids is 2. The van der Waals surface area contributed by atoms with Crippen LogP contribution in [0.2, 0.25) is 0 Å². The molecule has 1 amide bonds. The molecule has 0 bridgehead atoms. The van der Waals surface area contributed by atoms with Gasteiger partial charge in [0.15, 0.2) is 0 Å². The fourth-order valence-electron chi connectivity index (χ4n) is 2.19. The van der Waals surface area contributed by atoms with Gasteiger partial charge in [-0.1, -0.05) is 0 Å². The molecule has 10 heteroatoms. The first-order chi connectivity index (χ1) is 13.3. The van der Waals surface area contributed by atoms with Crippen molar-refractivity contribution in [1.82, 2.24) is 5.32 Å². The Labute approximate surface area is 159 Å². The van der Waals surface area contributed by atoms with Crippen LogP contribution < -0.4 is 11.1 Å². The third kappa shape index (κ3) is 5.80. The first-order valence-corrected chi connectivity index (χ1v) is 8.12. The van der Waals surface area contributed by atoms with Gasteiger partial charge in [0.25, 0.3) is 5.91 Å². The molecule has 0 aliphatic rings. The number of amides is 1. The first kappa shape index (κ1) is 20.4. The first-order valence-electron chi connectivity index (χ1n) is 8.12. The number of nitrogens with one attached hydrogen (secondary N) is 1. The van der Waals surface area contributed by atoms with Crippen molar-refractivity contribution in [2.24, 2.45) is 10.2 Å². The van der Waals surface area contributed by atoms with Crippen LogP contribution in [0.15, 0.2) is 52.7 Å². The van der Waals surface area contributed by atoms with E-state index in [-0.39, 0.29) is 29.8 Å². The molecule has 10 nitrogen and oxygen atoms in total. The van der Waals surface area contributed by atoms with Crippen molar-refractivity contribution < 1.29 is 29.7 Å². The predicted octanol–water partition coefficient (Wildman–Crippen LogP) is 2.44. The molecule has 0 fully saturated rings. The van der Waals surface area contributed by atoms with E-state index in [9.17, 15) is 19.5 Å². The number of anilines is 1. The predicted molar refractivity (Wildman–Crippen MR) is 98.9 cm³/mol. The number of azo groups is 1. The molecule has 6 N–H and O–H groups in total. The van der Waals surface area contributed by atoms with Crippen molar-refractivity contribution in [3.05, 3.63) is 48.0 Å². The van der Waals surface area contributed by atoms with Gasteiger partial charge in [0, 0.05) is 18.1 Å². The van der Waals surface area contributed by atoms with Crippen molar-refractivity contribution in [1.29, 1.82) is 0 Å². The lowest BCUT2D eigenvalue weighted by atomic mass is 10.1. The van der Waals surface area contributed by atoms with Gasteiger partial charge >= 0.3 is 11.9 Å². The second kappa shape index (κ2) is 9.12. The van der Waals surface area contributed by atoms with Gasteiger partial charge in [-0.3, -0.25) is 9.59 Å². The van der Waals surface area contributed by atoms with Crippen molar-refractivity contribution in [3.63, 3.8) is 0 Å². The maximum Gasteiger partial charge on any atom is 0.326 e. The number of hydrogen-bond donors (Lipinski definition) is 5. The third-order valence-corrected chi connectivity index (χ3v) is 3.66. The van der Waals surface area contributed by atoms with E-state index in [0.29, 0.717) is 11.4 Å². The summed E-state index contributed by atoms with van der Waals surface area (Å²) in [5.41, 5.74) is 6.93. The van der Waals surface area contributed by atoms with E-state index in [1.54, 1.807) is 0 Å². The van der Waals surface area contributed by atoms with Crippen LogP contribution in [0, 0.1) is 0 Å². The Balaban J connectivity index is 2.04. The summed E-state index contributed by atoms with van der Waals surface area (Å²) < 4.78 is 0. The van der Waals surface area contributed by atoms with Gasteiger partial charge in [-0.15, -0.1) is 5.11 Å². The highest BCUT2D eigenvalue weighted by molar-refractivity contribution is 5.96. The van der Waals surface area contributed by atoms with Crippen LogP contribution in [0.25, 0.3) is 0 Å². The number of phenolic OH excluding ortho intramolecular Hbond substituents is 1. The SMILES string of the molecule is Nc1cc(O)ccc1N=Nc1ccc(C(=O)N[C@@H](CCC(=O)O)C(=O)O)cc1. The fraction of sp³-hybridized carbons (Fsp3) is 0.167. The highest BCUT2D eigenvalue weighted by atomic mass is 16.4. The van der Waals surface area contributed by atoms with Gasteiger partial charge in [-0.2, -0.15) is 5.11 Å². The summed E-state index contributed by atoms with van der Waals surface area (Å²) in [7, 11) is 0. The van der Waals surface area contributed by atoms with E-state index in [2.05, 4.69) is 15.5 Å². The van der Waals surface area contributed by atoms with Gasteiger partial charge in [-0.05, 0) is 42.8 Å². The van der Waals surface area contributed by atoms with Gasteiger partial charge in [0.05, 0.1) is 11.4 Å². The maximum absolute atomic E-state index is 12.2. The zero-order valence-corrected chi connectivity index (χ0v) is 14.6. The Morgan fingerprint density at radius 2 is 1.71 bits per heavy atom. The summed E-state index contributed by atoms with van der Waals surface area (Å²) >= 11 is 0. The molecule has 0 saturated heterocycles. The second-order valence-corrected chi connectivity index (χ2v) is 5.79. The minimum atomic E-state index is -1.31. The number of benzene rings is 2. The highest BCUT2D eigenvalue weighted by Crippen LogP contribution is 2.27. The minimum absolute atomic E-state index is 0.00911. The Hall–Kier alpha value is -3.95. The number of nitrogen functional groups attached to an aromatic ring is 1. The fourth-order valence-corrected chi connectivity index (χ4v) is 2.19. The topological polar surface area (TPSA) is 175 Å². The lowest BCUT2D eigenvalue weighted by Crippen LogP contribution is -2.41. The molecule has 2 rings (SSSR count). The van der Waals surface area contributed by atoms with Crippen molar-refractivity contribution in [2.75, 3.05) is 5.73 Å². The maximum atomic E-state index is 12.2. The zero-order valence-electron chi connectivity index (χ0n) is 14.6. The van der Waals surface area contributed by atoms with E-state index >= 15 is 0 Å². The lowest BCUT2D eigenvalue weighted by Gasteiger charge is -2.13. The van der Waals surface area contributed by atoms with Crippen LogP contribution in [-0.2, 0) is 9.59 Å². The molecular weight excluding hydrogens is 368 g/mol. The minimum Gasteiger partial charge on any atom is -0.508 e. The van der Waals surface area contributed by atoms with Crippen LogP contribution in [-0.4, -0.2) is 39.2 Å². The summed E-state index contributed by atoms with van der Waals surface area (Å²) in [6.45, 7) is 0. The number of hydrogen-bond acceptors (Lipinski definition) is 7. The Kier molecular flexibility index (Phi) is 6.63. The number of carboxylic acid groups (broad SMARTS) is 2. The molecule has 1 atom stereocenters. The number of rotatable bonds is 8. The van der Waals surface area contributed by atoms with E-state index in [4.69, 9.17) is 15.9 Å². The Morgan fingerprint density at radius 3 is 2.29 bits per heavy atom. The van der Waals surface area contributed by atoms with Gasteiger partial charge in [-0.25, -0.2) is 4.79 Å². The molecule has 0 heterocycles. The summed E-state index contributed by atoms with van der Waals surface area (Å²) in [4.78, 5) is 33.9. The standard InChI is InChI=1S/C18H18N4O6/c19-13-9-12(23)5-6-14(13)22-21-11-3-1-10(2-4-11)17(26)20-15(18(27)28)7-8-16(24)25/h1-6,9,15,23H,7-8,19H2,(H,20,26)(H,24,25)(H,27,28)/t15-/m0/s1. The summed E-state index contributed by atoms with van der Waals surface area (Å²) in [6.07, 6.45) is -0.603. The van der Waals surface area contributed by atoms with E-state index in [1.807, 2.05) is 0 Å². The number of nitrogens with zero attached hydrogens (tertiary/aromatic N) is 2. The van der Waals surface area contributed by atoms with Crippen LogP contribution in [0.5, 0.6) is 5.75 Å². The summed E-state index contributed by atoms with van der Waals surface area (Å²) in [5, 5.41) is 37.3. The normalized spacial score (nSPS) is 11.9. The van der Waals surface area contributed by atoms with Crippen LogP contribution in [0.3, 0.4) is 0 Å². The molecule has 28 heavy (non-hydrogen) atoms. The van der Waals surface area contributed by atoms with Crippen molar-refractivity contribution in [2.45, 2.75) is 18.9 Å². The molecule has 0 saturated carbocycles. The molecular formula is C18H18N4O6. The third-order valence-electron chi connectivity index (χ3n) is 3.66. The lowest BCUT2D eigenvalue weighted by molar-refractivity contribution is -0.140. The molecule has 0 radical (unpaired) electrons. The average Bonchev–Trinajstić information content (AvgIpc) is 2.64. The smallest absolute Gasteiger partial charge is 0.326 e. The van der Waals surface area contributed by atoms with Crippen LogP contribution in [0.4, 0.5) is 17.1 Å². The second-order valence-electron chi connectivity index (χ2n) is 5.79. The van der Waals surface area contributed by atoms with Crippen LogP contribution in [0.1, 0.15) is 23.2 Å². The zero-order chi connectivity index (χ0) is 20.7. The molecule has 0 aliphatic carbocycles. The quantitative estimate of drug-likeness (QED) is 0.342. The van der Waals surface area contributed by atoms with E-state index < -0.39 is 23.9 Å². The number of aromatic hydroxyl groups is 1. The van der Waals surface area contributed by atoms with E-state index in [1.165, 1.54) is 42.5 Å². The number of nitrogens with two attached hydrogens (primary N) is 1. The largest absolute Gasteiger partial charge is 0.508 e. The van der Waals surface area contributed by atoms with E-state index in [0.717, 1.165) is 0 Å². The number of phenols is 1. The molecule has 2 aromatic rings. The monoisotopic (exact) mass is 386 g/mol. The molecule has 0 aliphatic heterocycles. The highest BCUT2D eigenvalue weighted by Gasteiger charge is 2.21. The van der Waals surface area contributed by atoms with Gasteiger partial charge in [0.1, 0.15) is 17.5 Å². The average molecular weight is 386 g/mol. The summed E-state index contributed by atoms with van der Waals surface area (Å²) in [6, 6.07) is 8.82. The Morgan fingerprint density at radius 1 is 1.04 bits per heavy atom. The molecule has 0 spiro atoms. The summed E-state index contributed by atoms with van der Waals surface area (Å²) in [5.74, 6) is -3.10. The van der Waals surface area contributed by atoms with Crippen molar-refractivity contribution >= 4 is 34.9 Å². The van der Waals surface area contributed by atoms with Crippen molar-refractivity contribution in [3.8, 4) is 5.75 Å². The number of carbonyl (C=O) groups excluding carboxylic acids is 1. The number of carboxylic acids is 2. The molecule has 0 unspecified atom stereocenters. The number of carbonyl (C=O) groups is 3. The molecule has 0 aromatic heterocycles. The van der Waals surface area contributed by atoms with Gasteiger partial charge in [0.2, 0.25) is 0 Å². The molecule has 2 aromatic carbocycles. The molecule has 146 valence electrons. The van der Waals surface area contributed by atoms with Crippen LogP contribution >= 0.6 is 0 Å².